The lowest BCUT2D eigenvalue weighted by Gasteiger charge is -2.35. The van der Waals surface area contributed by atoms with Crippen molar-refractivity contribution in [3.8, 4) is 0 Å². The van der Waals surface area contributed by atoms with Gasteiger partial charge in [0.05, 0.1) is 6.61 Å². The molecule has 0 saturated heterocycles. The van der Waals surface area contributed by atoms with E-state index in [0.717, 1.165) is 42.4 Å². The van der Waals surface area contributed by atoms with Crippen LogP contribution in [-0.2, 0) is 14.3 Å². The lowest BCUT2D eigenvalue weighted by molar-refractivity contribution is -0.141. The minimum atomic E-state index is -1.27. The Morgan fingerprint density at radius 2 is 1.57 bits per heavy atom. The van der Waals surface area contributed by atoms with Crippen LogP contribution in [0.25, 0.3) is 0 Å². The van der Waals surface area contributed by atoms with Crippen molar-refractivity contribution in [2.75, 3.05) is 18.5 Å². The second-order valence-corrected chi connectivity index (χ2v) is 11.3. The number of nitrogens with zero attached hydrogens (tertiary/aromatic N) is 1. The quantitative estimate of drug-likeness (QED) is 0.265. The molecule has 0 heterocycles. The molecular weight excluding hydrogens is 506 g/mol. The van der Waals surface area contributed by atoms with E-state index in [9.17, 15) is 19.5 Å². The monoisotopic (exact) mass is 553 g/mol. The van der Waals surface area contributed by atoms with Crippen LogP contribution >= 0.6 is 0 Å². The van der Waals surface area contributed by atoms with Gasteiger partial charge in [0.25, 0.3) is 5.91 Å². The number of anilines is 1. The minimum absolute atomic E-state index is 0.286. The summed E-state index contributed by atoms with van der Waals surface area (Å²) < 4.78 is 5.33. The first-order chi connectivity index (χ1) is 18.9. The normalized spacial score (nSPS) is 12.8. The third kappa shape index (κ3) is 9.66. The number of aliphatic hydroxyl groups excluding tert-OH is 1. The standard InChI is InChI=1S/C32H47N3O5/c1-8-9-10-11-14-20-35(30(38)27(21-36)34-31(39)40-32(5,6)7)28(25-18-15-17-22(2)24(25)4)29(37)33-26-19-13-12-16-23(26)3/h12-13,15-19,27-28,36H,8-11,14,20-21H2,1-7H3,(H,33,37)(H,34,39). The summed E-state index contributed by atoms with van der Waals surface area (Å²) in [7, 11) is 0. The number of hydrogen-bond donors (Lipinski definition) is 3. The summed E-state index contributed by atoms with van der Waals surface area (Å²) in [6, 6.07) is 10.9. The zero-order chi connectivity index (χ0) is 29.9. The summed E-state index contributed by atoms with van der Waals surface area (Å²) in [5.74, 6) is -0.909. The van der Waals surface area contributed by atoms with Crippen LogP contribution in [0.15, 0.2) is 42.5 Å². The van der Waals surface area contributed by atoms with Gasteiger partial charge >= 0.3 is 6.09 Å². The van der Waals surface area contributed by atoms with Gasteiger partial charge in [-0.15, -0.1) is 0 Å². The highest BCUT2D eigenvalue weighted by Gasteiger charge is 2.37. The van der Waals surface area contributed by atoms with E-state index in [-0.39, 0.29) is 12.5 Å². The second kappa shape index (κ2) is 15.4. The fraction of sp³-hybridized carbons (Fsp3) is 0.531. The zero-order valence-corrected chi connectivity index (χ0v) is 25.2. The smallest absolute Gasteiger partial charge is 0.408 e. The zero-order valence-electron chi connectivity index (χ0n) is 25.2. The number of unbranched alkanes of at least 4 members (excludes halogenated alkanes) is 4. The van der Waals surface area contributed by atoms with Gasteiger partial charge in [0.2, 0.25) is 5.91 Å². The Hall–Kier alpha value is -3.39. The molecule has 0 aromatic heterocycles. The van der Waals surface area contributed by atoms with Crippen LogP contribution in [0.1, 0.15) is 88.1 Å². The Balaban J connectivity index is 2.53. The van der Waals surface area contributed by atoms with Crippen molar-refractivity contribution in [1.29, 1.82) is 0 Å². The highest BCUT2D eigenvalue weighted by molar-refractivity contribution is 5.99. The third-order valence-electron chi connectivity index (χ3n) is 6.86. The SMILES string of the molecule is CCCCCCCN(C(=O)C(CO)NC(=O)OC(C)(C)C)C(C(=O)Nc1ccccc1C)c1cccc(C)c1C. The Morgan fingerprint density at radius 1 is 0.925 bits per heavy atom. The molecule has 0 saturated carbocycles. The summed E-state index contributed by atoms with van der Waals surface area (Å²) >= 11 is 0. The highest BCUT2D eigenvalue weighted by atomic mass is 16.6. The number of rotatable bonds is 13. The van der Waals surface area contributed by atoms with E-state index in [1.165, 1.54) is 4.90 Å². The molecule has 8 nitrogen and oxygen atoms in total. The number of carbonyl (C=O) groups excluding carboxylic acids is 3. The van der Waals surface area contributed by atoms with Gasteiger partial charge in [-0.25, -0.2) is 4.79 Å². The maximum absolute atomic E-state index is 14.1. The Kier molecular flexibility index (Phi) is 12.6. The van der Waals surface area contributed by atoms with Crippen LogP contribution in [0.4, 0.5) is 10.5 Å². The summed E-state index contributed by atoms with van der Waals surface area (Å²) in [4.78, 5) is 42.1. The van der Waals surface area contributed by atoms with Crippen molar-refractivity contribution in [1.82, 2.24) is 10.2 Å². The lowest BCUT2D eigenvalue weighted by Crippen LogP contribution is -2.54. The van der Waals surface area contributed by atoms with E-state index in [1.807, 2.05) is 63.2 Å². The average molecular weight is 554 g/mol. The first-order valence-corrected chi connectivity index (χ1v) is 14.2. The molecule has 3 amide bonds. The topological polar surface area (TPSA) is 108 Å². The molecule has 2 rings (SSSR count). The predicted molar refractivity (Wildman–Crippen MR) is 159 cm³/mol. The van der Waals surface area contributed by atoms with Crippen molar-refractivity contribution in [2.24, 2.45) is 0 Å². The van der Waals surface area contributed by atoms with Gasteiger partial charge in [-0.1, -0.05) is 69.0 Å². The van der Waals surface area contributed by atoms with E-state index in [1.54, 1.807) is 20.8 Å². The summed E-state index contributed by atoms with van der Waals surface area (Å²) in [6.07, 6.45) is 3.94. The Bertz CT molecular complexity index is 1140. The molecule has 0 aliphatic heterocycles. The van der Waals surface area contributed by atoms with Gasteiger partial charge in [0.1, 0.15) is 17.7 Å². The molecular formula is C32H47N3O5. The van der Waals surface area contributed by atoms with E-state index in [0.29, 0.717) is 17.7 Å². The van der Waals surface area contributed by atoms with Gasteiger partial charge < -0.3 is 25.4 Å². The molecule has 220 valence electrons. The van der Waals surface area contributed by atoms with Crippen LogP contribution in [0.5, 0.6) is 0 Å². The molecule has 0 spiro atoms. The first kappa shape index (κ1) is 32.8. The van der Waals surface area contributed by atoms with Crippen molar-refractivity contribution in [2.45, 2.75) is 98.3 Å². The summed E-state index contributed by atoms with van der Waals surface area (Å²) in [6.45, 7) is 12.8. The number of nitrogens with one attached hydrogen (secondary N) is 2. The van der Waals surface area contributed by atoms with E-state index in [2.05, 4.69) is 17.6 Å². The second-order valence-electron chi connectivity index (χ2n) is 11.3. The third-order valence-corrected chi connectivity index (χ3v) is 6.86. The molecule has 0 aliphatic rings. The molecule has 0 bridgehead atoms. The van der Waals surface area contributed by atoms with Gasteiger partial charge in [-0.3, -0.25) is 9.59 Å². The number of aliphatic hydroxyl groups is 1. The van der Waals surface area contributed by atoms with Crippen LogP contribution < -0.4 is 10.6 Å². The van der Waals surface area contributed by atoms with Crippen molar-refractivity contribution in [3.05, 3.63) is 64.7 Å². The number of alkyl carbamates (subject to hydrolysis) is 1. The number of carbonyl (C=O) groups is 3. The van der Waals surface area contributed by atoms with Crippen molar-refractivity contribution in [3.63, 3.8) is 0 Å². The number of amides is 3. The fourth-order valence-electron chi connectivity index (χ4n) is 4.52. The Morgan fingerprint density at radius 3 is 2.20 bits per heavy atom. The van der Waals surface area contributed by atoms with Crippen LogP contribution in [0.3, 0.4) is 0 Å². The maximum Gasteiger partial charge on any atom is 0.408 e. The maximum atomic E-state index is 14.1. The number of para-hydroxylation sites is 1. The average Bonchev–Trinajstić information content (AvgIpc) is 2.88. The van der Waals surface area contributed by atoms with Gasteiger partial charge in [0.15, 0.2) is 0 Å². The van der Waals surface area contributed by atoms with Crippen LogP contribution in [0, 0.1) is 20.8 Å². The van der Waals surface area contributed by atoms with Crippen molar-refractivity contribution < 1.29 is 24.2 Å². The van der Waals surface area contributed by atoms with E-state index in [4.69, 9.17) is 4.74 Å². The number of hydrogen-bond acceptors (Lipinski definition) is 5. The van der Waals surface area contributed by atoms with E-state index >= 15 is 0 Å². The minimum Gasteiger partial charge on any atom is -0.444 e. The Labute approximate surface area is 239 Å². The number of aryl methyl sites for hydroxylation is 2. The fourth-order valence-corrected chi connectivity index (χ4v) is 4.52. The molecule has 2 unspecified atom stereocenters. The molecule has 2 aromatic carbocycles. The first-order valence-electron chi connectivity index (χ1n) is 14.2. The molecule has 8 heteroatoms. The largest absolute Gasteiger partial charge is 0.444 e. The molecule has 3 N–H and O–H groups in total. The van der Waals surface area contributed by atoms with E-state index < -0.39 is 36.3 Å². The number of ether oxygens (including phenoxy) is 1. The molecule has 2 aromatic rings. The van der Waals surface area contributed by atoms with Gasteiger partial charge in [-0.2, -0.15) is 0 Å². The van der Waals surface area contributed by atoms with Gasteiger partial charge in [0, 0.05) is 12.2 Å². The van der Waals surface area contributed by atoms with Gasteiger partial charge in [-0.05, 0) is 76.3 Å². The summed E-state index contributed by atoms with van der Waals surface area (Å²) in [5.41, 5.74) is 3.36. The lowest BCUT2D eigenvalue weighted by atomic mass is 9.94. The van der Waals surface area contributed by atoms with Crippen LogP contribution in [0.2, 0.25) is 0 Å². The molecule has 40 heavy (non-hydrogen) atoms. The highest BCUT2D eigenvalue weighted by Crippen LogP contribution is 2.29. The van der Waals surface area contributed by atoms with Crippen LogP contribution in [-0.4, -0.2) is 52.7 Å². The molecule has 2 atom stereocenters. The molecule has 0 aliphatic carbocycles. The van der Waals surface area contributed by atoms with Crippen molar-refractivity contribution >= 4 is 23.6 Å². The summed E-state index contributed by atoms with van der Waals surface area (Å²) in [5, 5.41) is 15.7. The predicted octanol–water partition coefficient (Wildman–Crippen LogP) is 5.98. The molecule has 0 fully saturated rings. The molecule has 0 radical (unpaired) electrons. The number of benzene rings is 2.